The van der Waals surface area contributed by atoms with Crippen molar-refractivity contribution in [2.24, 2.45) is 7.05 Å². The third-order valence-corrected chi connectivity index (χ3v) is 2.57. The van der Waals surface area contributed by atoms with Gasteiger partial charge < -0.3 is 4.57 Å². The first kappa shape index (κ1) is 9.99. The highest BCUT2D eigenvalue weighted by Gasteiger charge is 2.04. The van der Waals surface area contributed by atoms with E-state index in [0.29, 0.717) is 5.02 Å². The smallest absolute Gasteiger partial charge is 0.250 e. The first-order valence-corrected chi connectivity index (χ1v) is 4.98. The summed E-state index contributed by atoms with van der Waals surface area (Å²) in [5.41, 5.74) is 1.68. The van der Waals surface area contributed by atoms with Gasteiger partial charge in [-0.25, -0.2) is 0 Å². The SMILES string of the molecule is Cn1cc(Cl)c(-c2ccccc2)cc1=O. The zero-order chi connectivity index (χ0) is 10.8. The molecular formula is C12H10ClNO. The number of aromatic nitrogens is 1. The van der Waals surface area contributed by atoms with Crippen molar-refractivity contribution in [3.8, 4) is 11.1 Å². The standard InChI is InChI=1S/C12H10ClNO/c1-14-8-11(13)10(7-12(14)15)9-5-3-2-4-6-9/h2-8H,1H3. The number of halogens is 1. The van der Waals surface area contributed by atoms with E-state index >= 15 is 0 Å². The van der Waals surface area contributed by atoms with E-state index in [1.807, 2.05) is 30.3 Å². The molecule has 2 rings (SSSR count). The van der Waals surface area contributed by atoms with Gasteiger partial charge in [-0.15, -0.1) is 0 Å². The molecule has 1 heterocycles. The number of hydrogen-bond donors (Lipinski definition) is 0. The van der Waals surface area contributed by atoms with Gasteiger partial charge in [-0.3, -0.25) is 4.79 Å². The van der Waals surface area contributed by atoms with Crippen molar-refractivity contribution in [3.05, 3.63) is 58.0 Å². The monoisotopic (exact) mass is 219 g/mol. The molecule has 3 heteroatoms. The van der Waals surface area contributed by atoms with Crippen LogP contribution >= 0.6 is 11.6 Å². The lowest BCUT2D eigenvalue weighted by molar-refractivity contribution is 0.861. The van der Waals surface area contributed by atoms with Gasteiger partial charge in [-0.2, -0.15) is 0 Å². The number of benzene rings is 1. The second kappa shape index (κ2) is 3.91. The molecule has 0 saturated carbocycles. The van der Waals surface area contributed by atoms with E-state index in [0.717, 1.165) is 11.1 Å². The van der Waals surface area contributed by atoms with Crippen LogP contribution in [0.1, 0.15) is 0 Å². The highest BCUT2D eigenvalue weighted by molar-refractivity contribution is 6.33. The minimum Gasteiger partial charge on any atom is -0.317 e. The Hall–Kier alpha value is -1.54. The predicted molar refractivity (Wildman–Crippen MR) is 62.1 cm³/mol. The van der Waals surface area contributed by atoms with Gasteiger partial charge in [-0.1, -0.05) is 41.9 Å². The number of nitrogens with zero attached hydrogens (tertiary/aromatic N) is 1. The summed E-state index contributed by atoms with van der Waals surface area (Å²) < 4.78 is 1.47. The molecular weight excluding hydrogens is 210 g/mol. The first-order chi connectivity index (χ1) is 7.18. The third kappa shape index (κ3) is 1.95. The van der Waals surface area contributed by atoms with Gasteiger partial charge in [0.25, 0.3) is 5.56 Å². The molecule has 76 valence electrons. The van der Waals surface area contributed by atoms with Gasteiger partial charge >= 0.3 is 0 Å². The van der Waals surface area contributed by atoms with Crippen LogP contribution in [0.4, 0.5) is 0 Å². The van der Waals surface area contributed by atoms with E-state index in [4.69, 9.17) is 11.6 Å². The Bertz CT molecular complexity index is 531. The second-order valence-corrected chi connectivity index (χ2v) is 3.76. The maximum Gasteiger partial charge on any atom is 0.250 e. The molecule has 2 nitrogen and oxygen atoms in total. The van der Waals surface area contributed by atoms with Crippen molar-refractivity contribution in [1.29, 1.82) is 0 Å². The number of pyridine rings is 1. The van der Waals surface area contributed by atoms with Crippen LogP contribution in [-0.4, -0.2) is 4.57 Å². The fourth-order valence-corrected chi connectivity index (χ4v) is 1.75. The highest BCUT2D eigenvalue weighted by atomic mass is 35.5. The Labute approximate surface area is 92.7 Å². The fraction of sp³-hybridized carbons (Fsp3) is 0.0833. The molecule has 0 amide bonds. The maximum atomic E-state index is 11.5. The van der Waals surface area contributed by atoms with Crippen molar-refractivity contribution in [2.45, 2.75) is 0 Å². The molecule has 0 spiro atoms. The molecule has 0 atom stereocenters. The molecule has 1 aromatic carbocycles. The van der Waals surface area contributed by atoms with Gasteiger partial charge in [0.05, 0.1) is 5.02 Å². The van der Waals surface area contributed by atoms with Crippen LogP contribution in [0.2, 0.25) is 5.02 Å². The van der Waals surface area contributed by atoms with Crippen LogP contribution in [0.25, 0.3) is 11.1 Å². The molecule has 0 saturated heterocycles. The van der Waals surface area contributed by atoms with Crippen molar-refractivity contribution < 1.29 is 0 Å². The van der Waals surface area contributed by atoms with Crippen LogP contribution in [0.5, 0.6) is 0 Å². The van der Waals surface area contributed by atoms with Crippen LogP contribution in [0, 0.1) is 0 Å². The summed E-state index contributed by atoms with van der Waals surface area (Å²) in [5, 5.41) is 0.586. The Kier molecular flexibility index (Phi) is 2.60. The third-order valence-electron chi connectivity index (χ3n) is 2.26. The van der Waals surface area contributed by atoms with E-state index in [1.54, 1.807) is 19.3 Å². The summed E-state index contributed by atoms with van der Waals surface area (Å²) in [6.07, 6.45) is 1.63. The number of rotatable bonds is 1. The van der Waals surface area contributed by atoms with E-state index in [2.05, 4.69) is 0 Å². The van der Waals surface area contributed by atoms with Crippen molar-refractivity contribution in [2.75, 3.05) is 0 Å². The molecule has 15 heavy (non-hydrogen) atoms. The number of aryl methyl sites for hydroxylation is 1. The lowest BCUT2D eigenvalue weighted by Crippen LogP contribution is -2.14. The summed E-state index contributed by atoms with van der Waals surface area (Å²) in [7, 11) is 1.68. The van der Waals surface area contributed by atoms with Gasteiger partial charge in [0.15, 0.2) is 0 Å². The topological polar surface area (TPSA) is 22.0 Å². The van der Waals surface area contributed by atoms with E-state index in [9.17, 15) is 4.79 Å². The molecule has 0 N–H and O–H groups in total. The molecule has 0 unspecified atom stereocenters. The van der Waals surface area contributed by atoms with Gasteiger partial charge in [0.2, 0.25) is 0 Å². The summed E-state index contributed by atoms with van der Waals surface area (Å²) in [5.74, 6) is 0. The highest BCUT2D eigenvalue weighted by Crippen LogP contribution is 2.25. The second-order valence-electron chi connectivity index (χ2n) is 3.35. The Morgan fingerprint density at radius 3 is 2.53 bits per heavy atom. The Morgan fingerprint density at radius 2 is 1.87 bits per heavy atom. The lowest BCUT2D eigenvalue weighted by atomic mass is 10.1. The summed E-state index contributed by atoms with van der Waals surface area (Å²) in [4.78, 5) is 11.5. The van der Waals surface area contributed by atoms with Crippen LogP contribution < -0.4 is 5.56 Å². The Morgan fingerprint density at radius 1 is 1.20 bits per heavy atom. The van der Waals surface area contributed by atoms with Gasteiger partial charge in [0, 0.05) is 24.9 Å². The number of hydrogen-bond acceptors (Lipinski definition) is 1. The zero-order valence-corrected chi connectivity index (χ0v) is 9.03. The fourth-order valence-electron chi connectivity index (χ4n) is 1.44. The van der Waals surface area contributed by atoms with Gasteiger partial charge in [0.1, 0.15) is 0 Å². The normalized spacial score (nSPS) is 10.3. The summed E-state index contributed by atoms with van der Waals surface area (Å²) in [6, 6.07) is 11.2. The lowest BCUT2D eigenvalue weighted by Gasteiger charge is -2.05. The molecule has 0 aliphatic rings. The molecule has 0 fully saturated rings. The van der Waals surface area contributed by atoms with Crippen LogP contribution in [0.15, 0.2) is 47.4 Å². The molecule has 1 aromatic heterocycles. The predicted octanol–water partition coefficient (Wildman–Crippen LogP) is 2.71. The molecule has 2 aromatic rings. The molecule has 0 bridgehead atoms. The first-order valence-electron chi connectivity index (χ1n) is 4.60. The van der Waals surface area contributed by atoms with E-state index in [-0.39, 0.29) is 5.56 Å². The maximum absolute atomic E-state index is 11.5. The minimum absolute atomic E-state index is 0.0572. The van der Waals surface area contributed by atoms with Crippen molar-refractivity contribution in [3.63, 3.8) is 0 Å². The molecule has 0 aliphatic heterocycles. The zero-order valence-electron chi connectivity index (χ0n) is 8.27. The minimum atomic E-state index is -0.0572. The van der Waals surface area contributed by atoms with Crippen molar-refractivity contribution in [1.82, 2.24) is 4.57 Å². The van der Waals surface area contributed by atoms with Gasteiger partial charge in [-0.05, 0) is 5.56 Å². The quantitative estimate of drug-likeness (QED) is 0.723. The van der Waals surface area contributed by atoms with Crippen molar-refractivity contribution >= 4 is 11.6 Å². The summed E-state index contributed by atoms with van der Waals surface area (Å²) >= 11 is 6.08. The van der Waals surface area contributed by atoms with Crippen LogP contribution in [-0.2, 0) is 7.05 Å². The largest absolute Gasteiger partial charge is 0.317 e. The molecule has 0 radical (unpaired) electrons. The van der Waals surface area contributed by atoms with Crippen LogP contribution in [0.3, 0.4) is 0 Å². The Balaban J connectivity index is 2.64. The average Bonchev–Trinajstić information content (AvgIpc) is 2.25. The van der Waals surface area contributed by atoms with E-state index in [1.165, 1.54) is 4.57 Å². The molecule has 0 aliphatic carbocycles. The summed E-state index contributed by atoms with van der Waals surface area (Å²) in [6.45, 7) is 0. The van der Waals surface area contributed by atoms with E-state index < -0.39 is 0 Å². The average molecular weight is 220 g/mol.